The van der Waals surface area contributed by atoms with Crippen molar-refractivity contribution in [2.24, 2.45) is 4.99 Å². The Hall–Kier alpha value is -4.88. The smallest absolute Gasteiger partial charge is 0.437 e. The van der Waals surface area contributed by atoms with E-state index in [4.69, 9.17) is 14.5 Å². The molecule has 232 valence electrons. The summed E-state index contributed by atoms with van der Waals surface area (Å²) in [4.78, 5) is 31.5. The number of amides is 1. The molecule has 3 heterocycles. The van der Waals surface area contributed by atoms with Crippen LogP contribution in [0, 0.1) is 20.8 Å². The fourth-order valence-electron chi connectivity index (χ4n) is 5.49. The second-order valence-electron chi connectivity index (χ2n) is 10.5. The van der Waals surface area contributed by atoms with E-state index in [2.05, 4.69) is 15.5 Å². The Labute approximate surface area is 250 Å². The van der Waals surface area contributed by atoms with Gasteiger partial charge in [-0.2, -0.15) is 28.6 Å². The van der Waals surface area contributed by atoms with Gasteiger partial charge in [0.2, 0.25) is 0 Å². The van der Waals surface area contributed by atoms with Gasteiger partial charge < -0.3 is 14.8 Å². The summed E-state index contributed by atoms with van der Waals surface area (Å²) in [6.45, 7) is 8.35. The highest BCUT2D eigenvalue weighted by Gasteiger charge is 2.39. The molecule has 2 aromatic heterocycles. The number of methoxy groups -OCH3 is 1. The number of hydrogen-bond donors (Lipinski definition) is 2. The van der Waals surface area contributed by atoms with E-state index in [1.165, 1.54) is 4.57 Å². The molecular formula is C30H32F3N7O4. The van der Waals surface area contributed by atoms with Gasteiger partial charge in [-0.15, -0.1) is 0 Å². The van der Waals surface area contributed by atoms with Gasteiger partial charge in [-0.3, -0.25) is 13.9 Å². The topological polar surface area (TPSA) is 128 Å². The Morgan fingerprint density at radius 2 is 1.82 bits per heavy atom. The average Bonchev–Trinajstić information content (AvgIpc) is 3.47. The molecule has 0 saturated heterocycles. The van der Waals surface area contributed by atoms with Gasteiger partial charge in [0.25, 0.3) is 5.91 Å². The molecule has 0 bridgehead atoms. The van der Waals surface area contributed by atoms with Crippen LogP contribution in [0.4, 0.5) is 18.9 Å². The predicted octanol–water partition coefficient (Wildman–Crippen LogP) is 4.00. The number of fused-ring (bicyclic) bond motifs is 3. The van der Waals surface area contributed by atoms with E-state index in [1.807, 2.05) is 57.2 Å². The van der Waals surface area contributed by atoms with Crippen molar-refractivity contribution in [3.05, 3.63) is 79.9 Å². The van der Waals surface area contributed by atoms with Crippen LogP contribution in [0.3, 0.4) is 0 Å². The van der Waals surface area contributed by atoms with E-state index < -0.39 is 23.5 Å². The molecule has 0 aliphatic carbocycles. The Bertz CT molecular complexity index is 1850. The molecule has 0 fully saturated rings. The van der Waals surface area contributed by atoms with Crippen molar-refractivity contribution in [3.63, 3.8) is 0 Å². The lowest BCUT2D eigenvalue weighted by molar-refractivity contribution is -0.141. The minimum atomic E-state index is -4.86. The van der Waals surface area contributed by atoms with Crippen LogP contribution in [-0.4, -0.2) is 50.7 Å². The minimum absolute atomic E-state index is 0.0632. The monoisotopic (exact) mass is 611 g/mol. The van der Waals surface area contributed by atoms with Crippen molar-refractivity contribution in [2.45, 2.75) is 53.4 Å². The Balaban J connectivity index is 1.60. The van der Waals surface area contributed by atoms with Gasteiger partial charge in [-0.05, 0) is 62.9 Å². The maximum absolute atomic E-state index is 14.0. The molecule has 1 aliphatic rings. The Kier molecular flexibility index (Phi) is 8.35. The highest BCUT2D eigenvalue weighted by molar-refractivity contribution is 5.93. The van der Waals surface area contributed by atoms with Crippen LogP contribution in [0.15, 0.2) is 40.1 Å². The summed E-state index contributed by atoms with van der Waals surface area (Å²) in [6.07, 6.45) is -4.30. The van der Waals surface area contributed by atoms with Crippen molar-refractivity contribution in [2.75, 3.05) is 20.3 Å². The summed E-state index contributed by atoms with van der Waals surface area (Å²) >= 11 is 0. The zero-order chi connectivity index (χ0) is 31.8. The summed E-state index contributed by atoms with van der Waals surface area (Å²) in [5.74, 6) is 0.0724. The van der Waals surface area contributed by atoms with Crippen molar-refractivity contribution in [1.82, 2.24) is 29.9 Å². The molecule has 2 N–H and O–H groups in total. The van der Waals surface area contributed by atoms with E-state index in [9.17, 15) is 22.8 Å². The highest BCUT2D eigenvalue weighted by atomic mass is 19.4. The number of aryl methyl sites for hydroxylation is 4. The molecule has 5 rings (SSSR count). The molecule has 1 aliphatic heterocycles. The molecule has 11 nitrogen and oxygen atoms in total. The lowest BCUT2D eigenvalue weighted by Gasteiger charge is -2.25. The SMILES string of the molecule is CCOc1cc2c(cc1OC)-c1cc(=Nc3c(C)cc(C)cc3C)n(CCNC(=O)c3n[nH]nc3C(F)(F)F)c(=O)n1CC2. The lowest BCUT2D eigenvalue weighted by atomic mass is 9.97. The normalized spacial score (nSPS) is 13.0. The number of nitrogens with one attached hydrogen (secondary N) is 2. The van der Waals surface area contributed by atoms with Gasteiger partial charge in [0, 0.05) is 31.3 Å². The molecule has 0 unspecified atom stereocenters. The second-order valence-corrected chi connectivity index (χ2v) is 10.5. The molecule has 2 aromatic carbocycles. The quantitative estimate of drug-likeness (QED) is 0.310. The number of carbonyl (C=O) groups excluding carboxylic acids is 1. The lowest BCUT2D eigenvalue weighted by Crippen LogP contribution is -2.44. The number of H-pyrrole nitrogens is 1. The number of carbonyl (C=O) groups is 1. The predicted molar refractivity (Wildman–Crippen MR) is 155 cm³/mol. The summed E-state index contributed by atoms with van der Waals surface area (Å²) in [6, 6.07) is 9.56. The van der Waals surface area contributed by atoms with Gasteiger partial charge in [-0.25, -0.2) is 9.79 Å². The zero-order valence-corrected chi connectivity index (χ0v) is 24.9. The van der Waals surface area contributed by atoms with Crippen LogP contribution in [0.2, 0.25) is 0 Å². The van der Waals surface area contributed by atoms with Gasteiger partial charge in [0.05, 0.1) is 25.1 Å². The largest absolute Gasteiger partial charge is 0.493 e. The van der Waals surface area contributed by atoms with E-state index in [0.29, 0.717) is 47.9 Å². The van der Waals surface area contributed by atoms with E-state index in [0.717, 1.165) is 27.8 Å². The van der Waals surface area contributed by atoms with Crippen LogP contribution in [-0.2, 0) is 25.7 Å². The first-order valence-electron chi connectivity index (χ1n) is 14.0. The average molecular weight is 612 g/mol. The Morgan fingerprint density at radius 1 is 1.09 bits per heavy atom. The van der Waals surface area contributed by atoms with Gasteiger partial charge in [-0.1, -0.05) is 17.7 Å². The fourth-order valence-corrected chi connectivity index (χ4v) is 5.49. The maximum atomic E-state index is 14.0. The Morgan fingerprint density at radius 3 is 2.48 bits per heavy atom. The number of aromatic amines is 1. The van der Waals surface area contributed by atoms with Gasteiger partial charge >= 0.3 is 11.9 Å². The van der Waals surface area contributed by atoms with Crippen molar-refractivity contribution < 1.29 is 27.4 Å². The number of halogens is 3. The zero-order valence-electron chi connectivity index (χ0n) is 24.9. The molecule has 0 saturated carbocycles. The number of nitrogens with zero attached hydrogens (tertiary/aromatic N) is 5. The first kappa shape index (κ1) is 30.6. The number of alkyl halides is 3. The molecule has 44 heavy (non-hydrogen) atoms. The summed E-state index contributed by atoms with van der Waals surface area (Å²) in [5, 5.41) is 10.7. The molecule has 0 spiro atoms. The van der Waals surface area contributed by atoms with Crippen molar-refractivity contribution >= 4 is 11.6 Å². The third kappa shape index (κ3) is 5.83. The maximum Gasteiger partial charge on any atom is 0.437 e. The molecule has 0 radical (unpaired) electrons. The second kappa shape index (κ2) is 12.0. The summed E-state index contributed by atoms with van der Waals surface area (Å²) < 4.78 is 54.0. The van der Waals surface area contributed by atoms with Crippen LogP contribution in [0.5, 0.6) is 11.5 Å². The standard InChI is InChI=1S/C30H32F3N7O4/c1-6-44-23-13-19-7-9-39-21(20(19)14-22(23)43-5)15-24(35-25-17(3)11-16(2)12-18(25)4)40(29(39)42)10-8-34-28(41)26-27(30(31,32)33)37-38-36-26/h11-15H,6-10H2,1-5H3,(H,34,41)(H,36,37,38). The third-order valence-electron chi connectivity index (χ3n) is 7.38. The first-order valence-corrected chi connectivity index (χ1v) is 14.0. The number of benzene rings is 2. The number of rotatable bonds is 8. The van der Waals surface area contributed by atoms with Crippen molar-refractivity contribution in [1.29, 1.82) is 0 Å². The van der Waals surface area contributed by atoms with Crippen molar-refractivity contribution in [3.8, 4) is 22.8 Å². The summed E-state index contributed by atoms with van der Waals surface area (Å²) in [7, 11) is 1.55. The molecule has 4 aromatic rings. The summed E-state index contributed by atoms with van der Waals surface area (Å²) in [5.41, 5.74) is 3.65. The van der Waals surface area contributed by atoms with E-state index in [1.54, 1.807) is 17.7 Å². The molecule has 0 atom stereocenters. The van der Waals surface area contributed by atoms with Crippen LogP contribution >= 0.6 is 0 Å². The number of aromatic nitrogens is 5. The molecular weight excluding hydrogens is 579 g/mol. The highest BCUT2D eigenvalue weighted by Crippen LogP contribution is 2.38. The van der Waals surface area contributed by atoms with Gasteiger partial charge in [0.1, 0.15) is 5.49 Å². The fraction of sp³-hybridized carbons (Fsp3) is 0.367. The minimum Gasteiger partial charge on any atom is -0.493 e. The van der Waals surface area contributed by atoms with Gasteiger partial charge in [0.15, 0.2) is 22.9 Å². The molecule has 1 amide bonds. The van der Waals surface area contributed by atoms with E-state index in [-0.39, 0.29) is 18.8 Å². The van der Waals surface area contributed by atoms with Crippen LogP contribution in [0.25, 0.3) is 11.3 Å². The van der Waals surface area contributed by atoms with Crippen LogP contribution in [0.1, 0.15) is 45.4 Å². The molecule has 14 heteroatoms. The first-order chi connectivity index (χ1) is 20.9. The third-order valence-corrected chi connectivity index (χ3v) is 7.38. The number of hydrogen-bond acceptors (Lipinski definition) is 7. The van der Waals surface area contributed by atoms with Crippen LogP contribution < -0.4 is 26.0 Å². The van der Waals surface area contributed by atoms with E-state index >= 15 is 0 Å². The number of ether oxygens (including phenoxy) is 2.